The number of hydrogen-bond acceptors (Lipinski definition) is 2. The van der Waals surface area contributed by atoms with Crippen LogP contribution in [0.25, 0.3) is 0 Å². The number of halogens is 4. The van der Waals surface area contributed by atoms with Crippen LogP contribution in [0.3, 0.4) is 0 Å². The van der Waals surface area contributed by atoms with Crippen LogP contribution in [-0.2, 0) is 6.54 Å². The van der Waals surface area contributed by atoms with Gasteiger partial charge in [-0.15, -0.1) is 0 Å². The summed E-state index contributed by atoms with van der Waals surface area (Å²) in [6, 6.07) is 6.59. The minimum Gasteiger partial charge on any atom is -0.454 e. The van der Waals surface area contributed by atoms with Crippen LogP contribution in [0.4, 0.5) is 13.2 Å². The summed E-state index contributed by atoms with van der Waals surface area (Å²) in [6.45, 7) is 2.31. The van der Waals surface area contributed by atoms with Crippen molar-refractivity contribution in [1.29, 1.82) is 0 Å². The van der Waals surface area contributed by atoms with E-state index >= 15 is 0 Å². The SMILES string of the molecule is Cc1cccc(C)c1Oc1cn(CC(F)(F)F)c(=O)cc1Br. The van der Waals surface area contributed by atoms with Gasteiger partial charge < -0.3 is 9.30 Å². The number of hydrogen-bond donors (Lipinski definition) is 0. The lowest BCUT2D eigenvalue weighted by atomic mass is 10.1. The van der Waals surface area contributed by atoms with Gasteiger partial charge in [0.05, 0.1) is 10.7 Å². The molecule has 1 aromatic heterocycles. The highest BCUT2D eigenvalue weighted by Gasteiger charge is 2.28. The Labute approximate surface area is 133 Å². The van der Waals surface area contributed by atoms with Crippen LogP contribution < -0.4 is 10.3 Å². The van der Waals surface area contributed by atoms with E-state index in [1.165, 1.54) is 0 Å². The Balaban J connectivity index is 2.43. The zero-order valence-corrected chi connectivity index (χ0v) is 13.5. The van der Waals surface area contributed by atoms with E-state index in [0.29, 0.717) is 14.8 Å². The topological polar surface area (TPSA) is 31.2 Å². The predicted octanol–water partition coefficient (Wildman–Crippen LogP) is 4.58. The molecule has 0 spiro atoms. The number of alkyl halides is 3. The van der Waals surface area contributed by atoms with E-state index in [9.17, 15) is 18.0 Å². The molecule has 7 heteroatoms. The van der Waals surface area contributed by atoms with Crippen molar-refractivity contribution < 1.29 is 17.9 Å². The second-order valence-electron chi connectivity index (χ2n) is 4.89. The van der Waals surface area contributed by atoms with Crippen LogP contribution in [-0.4, -0.2) is 10.7 Å². The molecule has 2 rings (SSSR count). The highest BCUT2D eigenvalue weighted by atomic mass is 79.9. The molecule has 0 atom stereocenters. The molecule has 0 saturated carbocycles. The van der Waals surface area contributed by atoms with Crippen molar-refractivity contribution in [3.63, 3.8) is 0 Å². The fraction of sp³-hybridized carbons (Fsp3) is 0.267. The molecule has 0 bridgehead atoms. The first-order valence-corrected chi connectivity index (χ1v) is 7.17. The highest BCUT2D eigenvalue weighted by Crippen LogP contribution is 2.32. The molecular formula is C15H13BrF3NO2. The molecule has 0 amide bonds. The lowest BCUT2D eigenvalue weighted by Crippen LogP contribution is -2.27. The van der Waals surface area contributed by atoms with Gasteiger partial charge in [-0.1, -0.05) is 18.2 Å². The van der Waals surface area contributed by atoms with Gasteiger partial charge in [0.2, 0.25) is 0 Å². The third-order valence-corrected chi connectivity index (χ3v) is 3.63. The molecule has 1 aromatic carbocycles. The lowest BCUT2D eigenvalue weighted by Gasteiger charge is -2.15. The van der Waals surface area contributed by atoms with Crippen LogP contribution in [0.15, 0.2) is 39.7 Å². The highest BCUT2D eigenvalue weighted by molar-refractivity contribution is 9.10. The Bertz CT molecular complexity index is 733. The van der Waals surface area contributed by atoms with E-state index < -0.39 is 18.3 Å². The van der Waals surface area contributed by atoms with Crippen LogP contribution in [0, 0.1) is 13.8 Å². The predicted molar refractivity (Wildman–Crippen MR) is 80.4 cm³/mol. The molecule has 0 aliphatic carbocycles. The summed E-state index contributed by atoms with van der Waals surface area (Å²) in [5, 5.41) is 0. The minimum absolute atomic E-state index is 0.154. The van der Waals surface area contributed by atoms with Crippen molar-refractivity contribution >= 4 is 15.9 Å². The van der Waals surface area contributed by atoms with Crippen LogP contribution in [0.1, 0.15) is 11.1 Å². The fourth-order valence-corrected chi connectivity index (χ4v) is 2.37. The molecule has 0 unspecified atom stereocenters. The van der Waals surface area contributed by atoms with E-state index in [0.717, 1.165) is 23.4 Å². The minimum atomic E-state index is -4.48. The summed E-state index contributed by atoms with van der Waals surface area (Å²) >= 11 is 3.15. The largest absolute Gasteiger partial charge is 0.454 e. The first kappa shape index (κ1) is 16.6. The number of ether oxygens (including phenoxy) is 1. The molecule has 0 aliphatic heterocycles. The molecular weight excluding hydrogens is 363 g/mol. The maximum Gasteiger partial charge on any atom is 0.406 e. The average Bonchev–Trinajstić information content (AvgIpc) is 2.37. The maximum absolute atomic E-state index is 12.5. The Morgan fingerprint density at radius 3 is 2.36 bits per heavy atom. The molecule has 0 radical (unpaired) electrons. The second-order valence-corrected chi connectivity index (χ2v) is 5.74. The van der Waals surface area contributed by atoms with Gasteiger partial charge in [0.25, 0.3) is 5.56 Å². The van der Waals surface area contributed by atoms with Crippen molar-refractivity contribution in [2.75, 3.05) is 0 Å². The van der Waals surface area contributed by atoms with Crippen molar-refractivity contribution in [2.45, 2.75) is 26.6 Å². The molecule has 0 aliphatic rings. The Kier molecular flexibility index (Phi) is 4.65. The first-order chi connectivity index (χ1) is 10.2. The second kappa shape index (κ2) is 6.16. The average molecular weight is 376 g/mol. The van der Waals surface area contributed by atoms with Gasteiger partial charge in [0.1, 0.15) is 12.3 Å². The molecule has 0 saturated heterocycles. The Morgan fingerprint density at radius 2 is 1.82 bits per heavy atom. The van der Waals surface area contributed by atoms with Gasteiger partial charge in [-0.05, 0) is 40.9 Å². The third kappa shape index (κ3) is 3.91. The number of rotatable bonds is 3. The van der Waals surface area contributed by atoms with Gasteiger partial charge in [-0.25, -0.2) is 0 Å². The molecule has 3 nitrogen and oxygen atoms in total. The molecule has 22 heavy (non-hydrogen) atoms. The molecule has 2 aromatic rings. The summed E-state index contributed by atoms with van der Waals surface area (Å²) in [7, 11) is 0. The molecule has 1 heterocycles. The Hall–Kier alpha value is -1.76. The van der Waals surface area contributed by atoms with Crippen LogP contribution >= 0.6 is 15.9 Å². The zero-order valence-electron chi connectivity index (χ0n) is 11.9. The smallest absolute Gasteiger partial charge is 0.406 e. The van der Waals surface area contributed by atoms with E-state index in [1.807, 2.05) is 32.0 Å². The summed E-state index contributed by atoms with van der Waals surface area (Å²) in [4.78, 5) is 11.6. The van der Waals surface area contributed by atoms with Crippen molar-refractivity contribution in [1.82, 2.24) is 4.57 Å². The maximum atomic E-state index is 12.5. The number of benzene rings is 1. The number of para-hydroxylation sites is 1. The quantitative estimate of drug-likeness (QED) is 0.785. The van der Waals surface area contributed by atoms with Crippen molar-refractivity contribution in [3.8, 4) is 11.5 Å². The number of aryl methyl sites for hydroxylation is 2. The Morgan fingerprint density at radius 1 is 1.23 bits per heavy atom. The normalized spacial score (nSPS) is 11.5. The summed E-state index contributed by atoms with van der Waals surface area (Å²) < 4.78 is 44.1. The molecule has 0 fully saturated rings. The van der Waals surface area contributed by atoms with Gasteiger partial charge in [-0.2, -0.15) is 13.2 Å². The number of aromatic nitrogens is 1. The van der Waals surface area contributed by atoms with E-state index in [1.54, 1.807) is 0 Å². The zero-order chi connectivity index (χ0) is 16.5. The molecule has 118 valence electrons. The van der Waals surface area contributed by atoms with E-state index in [4.69, 9.17) is 4.74 Å². The standard InChI is InChI=1S/C15H13BrF3NO2/c1-9-4-3-5-10(2)14(9)22-12-7-20(8-15(17,18)19)13(21)6-11(12)16/h3-7H,8H2,1-2H3. The van der Waals surface area contributed by atoms with Crippen molar-refractivity contribution in [3.05, 3.63) is 56.4 Å². The van der Waals surface area contributed by atoms with Crippen molar-refractivity contribution in [2.24, 2.45) is 0 Å². The van der Waals surface area contributed by atoms with E-state index in [2.05, 4.69) is 15.9 Å². The summed E-state index contributed by atoms with van der Waals surface area (Å²) in [6.07, 6.45) is -3.42. The number of pyridine rings is 1. The van der Waals surface area contributed by atoms with Gasteiger partial charge >= 0.3 is 6.18 Å². The number of nitrogens with zero attached hydrogens (tertiary/aromatic N) is 1. The lowest BCUT2D eigenvalue weighted by molar-refractivity contribution is -0.141. The van der Waals surface area contributed by atoms with Gasteiger partial charge in [-0.3, -0.25) is 4.79 Å². The summed E-state index contributed by atoms with van der Waals surface area (Å²) in [5.74, 6) is 0.710. The van der Waals surface area contributed by atoms with Gasteiger partial charge in [0, 0.05) is 6.07 Å². The van der Waals surface area contributed by atoms with Crippen LogP contribution in [0.2, 0.25) is 0 Å². The first-order valence-electron chi connectivity index (χ1n) is 6.38. The third-order valence-electron chi connectivity index (χ3n) is 3.01. The summed E-state index contributed by atoms with van der Waals surface area (Å²) in [5.41, 5.74) is 0.944. The fourth-order valence-electron chi connectivity index (χ4n) is 1.99. The molecule has 0 N–H and O–H groups in total. The van der Waals surface area contributed by atoms with E-state index in [-0.39, 0.29) is 5.75 Å². The van der Waals surface area contributed by atoms with Crippen LogP contribution in [0.5, 0.6) is 11.5 Å². The van der Waals surface area contributed by atoms with Gasteiger partial charge in [0.15, 0.2) is 5.75 Å². The monoisotopic (exact) mass is 375 g/mol.